The molecule has 13 rings (SSSR count). The second-order valence-electron chi connectivity index (χ2n) is 21.5. The number of benzene rings is 9. The number of aryl methyl sites for hydroxylation is 12. The van der Waals surface area contributed by atoms with E-state index in [-0.39, 0.29) is 0 Å². The molecule has 72 heavy (non-hydrogen) atoms. The van der Waals surface area contributed by atoms with Crippen LogP contribution in [0.25, 0.3) is 128 Å². The smallest absolute Gasteiger partial charge is 0.0362 e. The Morgan fingerprint density at radius 2 is 0.417 bits per heavy atom. The highest BCUT2D eigenvalue weighted by molar-refractivity contribution is 7.26. The van der Waals surface area contributed by atoms with E-state index in [1.165, 1.54) is 195 Å². The first-order valence-electron chi connectivity index (χ1n) is 25.6. The number of fused-ring (bicyclic) bond motifs is 10. The van der Waals surface area contributed by atoms with Gasteiger partial charge >= 0.3 is 0 Å². The summed E-state index contributed by atoms with van der Waals surface area (Å²) in [5, 5.41) is 15.9. The molecule has 0 aliphatic carbocycles. The van der Waals surface area contributed by atoms with Crippen molar-refractivity contribution in [1.29, 1.82) is 0 Å². The molecule has 0 nitrogen and oxygen atoms in total. The fourth-order valence-electron chi connectivity index (χ4n) is 13.8. The third kappa shape index (κ3) is 6.61. The summed E-state index contributed by atoms with van der Waals surface area (Å²) in [6.07, 6.45) is 0. The maximum atomic E-state index is 2.58. The highest BCUT2D eigenvalue weighted by Crippen LogP contribution is 2.53. The van der Waals surface area contributed by atoms with Gasteiger partial charge in [0.25, 0.3) is 0 Å². The van der Waals surface area contributed by atoms with Crippen LogP contribution in [0.5, 0.6) is 0 Å². The summed E-state index contributed by atoms with van der Waals surface area (Å²) in [5.74, 6) is 0. The quantitative estimate of drug-likeness (QED) is 0.154. The average Bonchev–Trinajstić information content (AvgIpc) is 3.79. The molecule has 2 aromatic heterocycles. The minimum absolute atomic E-state index is 1.30. The molecule has 2 heterocycles. The van der Waals surface area contributed by atoms with Gasteiger partial charge in [-0.15, -0.1) is 22.7 Å². The van der Waals surface area contributed by atoms with Crippen molar-refractivity contribution < 1.29 is 0 Å². The lowest BCUT2D eigenvalue weighted by Gasteiger charge is -2.20. The fraction of sp³-hybridized carbons (Fsp3) is 0.171. The van der Waals surface area contributed by atoms with Gasteiger partial charge in [-0.05, 0) is 252 Å². The van der Waals surface area contributed by atoms with E-state index in [0.29, 0.717) is 0 Å². The van der Waals surface area contributed by atoms with Gasteiger partial charge in [0, 0.05) is 40.3 Å². The molecule has 350 valence electrons. The van der Waals surface area contributed by atoms with Crippen LogP contribution in [0.15, 0.2) is 133 Å². The Balaban J connectivity index is 1.22. The lowest BCUT2D eigenvalue weighted by atomic mass is 9.87. The molecule has 0 atom stereocenters. The summed E-state index contributed by atoms with van der Waals surface area (Å²) >= 11 is 3.93. The number of hydrogen-bond acceptors (Lipinski definition) is 2. The van der Waals surface area contributed by atoms with Crippen LogP contribution >= 0.6 is 22.7 Å². The summed E-state index contributed by atoms with van der Waals surface area (Å²) in [4.78, 5) is 0. The van der Waals surface area contributed by atoms with E-state index < -0.39 is 0 Å². The van der Waals surface area contributed by atoms with Crippen molar-refractivity contribution in [2.24, 2.45) is 0 Å². The van der Waals surface area contributed by atoms with E-state index in [2.05, 4.69) is 217 Å². The Bertz CT molecular complexity index is 4180. The zero-order valence-corrected chi connectivity index (χ0v) is 45.2. The summed E-state index contributed by atoms with van der Waals surface area (Å²) in [5.41, 5.74) is 26.6. The van der Waals surface area contributed by atoms with Crippen molar-refractivity contribution in [3.8, 4) is 44.5 Å². The second kappa shape index (κ2) is 16.2. The van der Waals surface area contributed by atoms with Crippen LogP contribution in [0, 0.1) is 83.1 Å². The van der Waals surface area contributed by atoms with Gasteiger partial charge < -0.3 is 0 Å². The first-order chi connectivity index (χ1) is 34.6. The van der Waals surface area contributed by atoms with Crippen molar-refractivity contribution >= 4 is 106 Å². The molecule has 0 bridgehead atoms. The number of rotatable bonds is 4. The van der Waals surface area contributed by atoms with Crippen molar-refractivity contribution in [3.05, 3.63) is 200 Å². The molecule has 2 heteroatoms. The van der Waals surface area contributed by atoms with E-state index in [1.807, 2.05) is 22.7 Å². The first kappa shape index (κ1) is 44.8. The summed E-state index contributed by atoms with van der Waals surface area (Å²) in [6.45, 7) is 27.4. The Kier molecular flexibility index (Phi) is 10.1. The molecule has 11 aromatic carbocycles. The Morgan fingerprint density at radius 3 is 0.694 bits per heavy atom. The van der Waals surface area contributed by atoms with E-state index in [4.69, 9.17) is 0 Å². The molecular weight excluding hydrogens is 905 g/mol. The normalized spacial score (nSPS) is 12.2. The molecule has 0 unspecified atom stereocenters. The van der Waals surface area contributed by atoms with Crippen LogP contribution in [0.3, 0.4) is 0 Å². The van der Waals surface area contributed by atoms with E-state index in [1.54, 1.807) is 0 Å². The van der Waals surface area contributed by atoms with E-state index >= 15 is 0 Å². The molecule has 0 saturated carbocycles. The largest absolute Gasteiger partial charge is 0.135 e. The van der Waals surface area contributed by atoms with Crippen LogP contribution in [-0.2, 0) is 0 Å². The van der Waals surface area contributed by atoms with Crippen molar-refractivity contribution in [2.45, 2.75) is 83.1 Å². The van der Waals surface area contributed by atoms with Gasteiger partial charge in [0.2, 0.25) is 0 Å². The summed E-state index contributed by atoms with van der Waals surface area (Å²) in [6, 6.07) is 52.6. The van der Waals surface area contributed by atoms with Crippen LogP contribution in [0.2, 0.25) is 0 Å². The molecule has 0 saturated heterocycles. The maximum absolute atomic E-state index is 2.58. The molecule has 0 N–H and O–H groups in total. The van der Waals surface area contributed by atoms with Gasteiger partial charge in [0.15, 0.2) is 0 Å². The molecular formula is C70H58S2. The van der Waals surface area contributed by atoms with Gasteiger partial charge in [-0.25, -0.2) is 0 Å². The van der Waals surface area contributed by atoms with Crippen LogP contribution in [0.1, 0.15) is 66.8 Å². The van der Waals surface area contributed by atoms with Gasteiger partial charge in [-0.1, -0.05) is 119 Å². The van der Waals surface area contributed by atoms with Gasteiger partial charge in [0.1, 0.15) is 0 Å². The van der Waals surface area contributed by atoms with Crippen molar-refractivity contribution in [3.63, 3.8) is 0 Å². The zero-order chi connectivity index (χ0) is 49.8. The van der Waals surface area contributed by atoms with Gasteiger partial charge in [-0.2, -0.15) is 0 Å². The third-order valence-electron chi connectivity index (χ3n) is 16.1. The molecule has 0 radical (unpaired) electrons. The number of hydrogen-bond donors (Lipinski definition) is 0. The molecule has 0 aliphatic heterocycles. The Labute approximate surface area is 431 Å². The second-order valence-corrected chi connectivity index (χ2v) is 23.7. The monoisotopic (exact) mass is 962 g/mol. The molecule has 13 aromatic rings. The van der Waals surface area contributed by atoms with Gasteiger partial charge in [0.05, 0.1) is 0 Å². The molecule has 0 fully saturated rings. The van der Waals surface area contributed by atoms with Crippen LogP contribution in [0.4, 0.5) is 0 Å². The third-order valence-corrected chi connectivity index (χ3v) is 18.3. The zero-order valence-electron chi connectivity index (χ0n) is 43.5. The minimum atomic E-state index is 1.30. The highest BCUT2D eigenvalue weighted by atomic mass is 32.1. The Hall–Kier alpha value is -7.10. The first-order valence-corrected chi connectivity index (χ1v) is 27.2. The molecule has 0 spiro atoms. The minimum Gasteiger partial charge on any atom is -0.135 e. The molecule has 0 aliphatic rings. The van der Waals surface area contributed by atoms with E-state index in [0.717, 1.165) is 0 Å². The van der Waals surface area contributed by atoms with Crippen molar-refractivity contribution in [2.75, 3.05) is 0 Å². The predicted octanol–water partition coefficient (Wildman–Crippen LogP) is 21.4. The molecule has 0 amide bonds. The Morgan fingerprint density at radius 1 is 0.194 bits per heavy atom. The highest BCUT2D eigenvalue weighted by Gasteiger charge is 2.25. The summed E-state index contributed by atoms with van der Waals surface area (Å²) in [7, 11) is 0. The summed E-state index contributed by atoms with van der Waals surface area (Å²) < 4.78 is 5.25. The van der Waals surface area contributed by atoms with Crippen LogP contribution in [-0.4, -0.2) is 0 Å². The predicted molar refractivity (Wildman–Crippen MR) is 321 cm³/mol. The lowest BCUT2D eigenvalue weighted by molar-refractivity contribution is 1.33. The maximum Gasteiger partial charge on any atom is 0.0362 e. The van der Waals surface area contributed by atoms with E-state index in [9.17, 15) is 0 Å². The fourth-order valence-corrected chi connectivity index (χ4v) is 16.0. The van der Waals surface area contributed by atoms with Gasteiger partial charge in [-0.3, -0.25) is 0 Å². The van der Waals surface area contributed by atoms with Crippen LogP contribution < -0.4 is 0 Å². The SMILES string of the molecule is Cc1cc(C)c(-c2c3cc4sc5cc6c(-c7c(C)cc(C)cc7C)c7ccccc7c6cc5c(-c5c(C)cc(C)cc5C)c4cc3sc3cc4c(-c5c(C)cc(C)cc5C)c5ccccc5c4cc23)c(C)c1. The van der Waals surface area contributed by atoms with Crippen molar-refractivity contribution in [1.82, 2.24) is 0 Å². The lowest BCUT2D eigenvalue weighted by Crippen LogP contribution is -1.95. The average molecular weight is 963 g/mol. The standard InChI is InChI=1S/C70H58S2/c1-35-21-39(5)63(40(6)22-35)67-49-19-15-13-17-47(49)51-29-55-59(31-53(51)67)71-61-33-58-62(34-57(61)69(55)65-43(9)25-37(3)26-44(65)10)72-60-32-54-52(30-56(60)70(58)66-45(11)27-38(4)28-46(66)12)48-18-14-16-20-50(48)68(54)64-41(7)23-36(2)24-42(64)8/h13-34H,1-12H3. The topological polar surface area (TPSA) is 0 Å².